The van der Waals surface area contributed by atoms with E-state index in [4.69, 9.17) is 20.9 Å². The van der Waals surface area contributed by atoms with Crippen LogP contribution in [0, 0.1) is 23.1 Å². The third-order valence-corrected chi connectivity index (χ3v) is 6.89. The number of amides is 1. The zero-order valence-corrected chi connectivity index (χ0v) is 19.5. The number of halogens is 1. The maximum absolute atomic E-state index is 15.2. The Morgan fingerprint density at radius 3 is 2.82 bits per heavy atom. The van der Waals surface area contributed by atoms with Crippen LogP contribution in [-0.4, -0.2) is 47.4 Å². The van der Waals surface area contributed by atoms with E-state index in [1.807, 2.05) is 19.9 Å². The number of carbonyl (C=O) groups is 1. The molecule has 1 fully saturated rings. The van der Waals surface area contributed by atoms with Crippen LogP contribution in [0.2, 0.25) is 0 Å². The molecule has 0 spiro atoms. The first kappa shape index (κ1) is 23.1. The Kier molecular flexibility index (Phi) is 6.60. The highest BCUT2D eigenvalue weighted by Crippen LogP contribution is 2.47. The van der Waals surface area contributed by atoms with Gasteiger partial charge in [0.1, 0.15) is 17.1 Å². The lowest BCUT2D eigenvalue weighted by Crippen LogP contribution is -2.43. The van der Waals surface area contributed by atoms with Gasteiger partial charge in [-0.3, -0.25) is 10.2 Å². The van der Waals surface area contributed by atoms with E-state index in [9.17, 15) is 4.79 Å². The lowest BCUT2D eigenvalue weighted by molar-refractivity contribution is 0.0977. The molecule has 7 nitrogen and oxygen atoms in total. The Balaban J connectivity index is 1.72. The molecule has 9 heteroatoms. The number of nitrogens with one attached hydrogen (secondary N) is 2. The highest BCUT2D eigenvalue weighted by atomic mass is 32.2. The van der Waals surface area contributed by atoms with Crippen molar-refractivity contribution in [3.8, 4) is 5.75 Å². The summed E-state index contributed by atoms with van der Waals surface area (Å²) in [6.07, 6.45) is 0. The third-order valence-electron chi connectivity index (χ3n) is 5.86. The fraction of sp³-hybridized carbons (Fsp3) is 0.375. The SMILES string of the molecule is CC(C)COc1ccc(F)c(C23CN(C(=N)N)CC2CSC(NC(=O)c2ccccc2)=N3)c1. The highest BCUT2D eigenvalue weighted by Gasteiger charge is 2.52. The van der Waals surface area contributed by atoms with Crippen molar-refractivity contribution in [2.75, 3.05) is 25.4 Å². The van der Waals surface area contributed by atoms with E-state index < -0.39 is 11.4 Å². The largest absolute Gasteiger partial charge is 0.493 e. The Bertz CT molecular complexity index is 1080. The molecule has 0 bridgehead atoms. The Morgan fingerprint density at radius 1 is 1.36 bits per heavy atom. The molecule has 33 heavy (non-hydrogen) atoms. The van der Waals surface area contributed by atoms with Crippen LogP contribution in [0.1, 0.15) is 29.8 Å². The number of hydrogen-bond donors (Lipinski definition) is 3. The summed E-state index contributed by atoms with van der Waals surface area (Å²) in [6, 6.07) is 13.6. The molecule has 2 atom stereocenters. The number of hydrogen-bond acceptors (Lipinski definition) is 5. The Morgan fingerprint density at radius 2 is 2.12 bits per heavy atom. The van der Waals surface area contributed by atoms with Crippen LogP contribution >= 0.6 is 11.8 Å². The van der Waals surface area contributed by atoms with Crippen LogP contribution in [0.15, 0.2) is 53.5 Å². The minimum Gasteiger partial charge on any atom is -0.493 e. The maximum Gasteiger partial charge on any atom is 0.257 e. The van der Waals surface area contributed by atoms with E-state index >= 15 is 4.39 Å². The Hall–Kier alpha value is -3.07. The molecule has 0 aliphatic carbocycles. The first-order valence-corrected chi connectivity index (χ1v) is 11.9. The van der Waals surface area contributed by atoms with Gasteiger partial charge in [0.05, 0.1) is 13.2 Å². The molecule has 0 saturated carbocycles. The van der Waals surface area contributed by atoms with Crippen LogP contribution in [-0.2, 0) is 5.54 Å². The van der Waals surface area contributed by atoms with Crippen molar-refractivity contribution in [3.63, 3.8) is 0 Å². The third kappa shape index (κ3) is 4.83. The lowest BCUT2D eigenvalue weighted by atomic mass is 9.81. The van der Waals surface area contributed by atoms with Crippen LogP contribution in [0.4, 0.5) is 4.39 Å². The number of nitrogens with two attached hydrogens (primary N) is 1. The number of benzene rings is 2. The number of nitrogens with zero attached hydrogens (tertiary/aromatic N) is 2. The van der Waals surface area contributed by atoms with Crippen LogP contribution in [0.5, 0.6) is 5.75 Å². The highest BCUT2D eigenvalue weighted by molar-refractivity contribution is 8.13. The van der Waals surface area contributed by atoms with Crippen LogP contribution in [0.3, 0.4) is 0 Å². The van der Waals surface area contributed by atoms with Crippen molar-refractivity contribution in [1.82, 2.24) is 10.2 Å². The molecular weight excluding hydrogens is 441 g/mol. The van der Waals surface area contributed by atoms with Gasteiger partial charge in [-0.1, -0.05) is 43.8 Å². The smallest absolute Gasteiger partial charge is 0.257 e. The predicted molar refractivity (Wildman–Crippen MR) is 129 cm³/mol. The van der Waals surface area contributed by atoms with Gasteiger partial charge in [-0.15, -0.1) is 0 Å². The van der Waals surface area contributed by atoms with Crippen molar-refractivity contribution >= 4 is 28.8 Å². The summed E-state index contributed by atoms with van der Waals surface area (Å²) in [5.41, 5.74) is 5.72. The van der Waals surface area contributed by atoms with E-state index in [-0.39, 0.29) is 24.3 Å². The molecule has 4 rings (SSSR count). The summed E-state index contributed by atoms with van der Waals surface area (Å²) in [7, 11) is 0. The van der Waals surface area contributed by atoms with Gasteiger partial charge >= 0.3 is 0 Å². The molecule has 2 heterocycles. The fourth-order valence-corrected chi connectivity index (χ4v) is 5.30. The summed E-state index contributed by atoms with van der Waals surface area (Å²) in [5, 5.41) is 11.2. The molecule has 2 aromatic carbocycles. The second-order valence-corrected chi connectivity index (χ2v) is 9.79. The molecule has 0 radical (unpaired) electrons. The fourth-order valence-electron chi connectivity index (χ4n) is 4.17. The molecule has 174 valence electrons. The van der Waals surface area contributed by atoms with Crippen molar-refractivity contribution in [2.24, 2.45) is 22.6 Å². The number of thioether (sulfide) groups is 1. The van der Waals surface area contributed by atoms with E-state index in [0.717, 1.165) is 0 Å². The minimum absolute atomic E-state index is 0.0773. The van der Waals surface area contributed by atoms with Gasteiger partial charge in [0.15, 0.2) is 11.1 Å². The number of carbonyl (C=O) groups excluding carboxylic acids is 1. The average Bonchev–Trinajstić information content (AvgIpc) is 3.19. The predicted octanol–water partition coefficient (Wildman–Crippen LogP) is 3.41. The second-order valence-electron chi connectivity index (χ2n) is 8.78. The molecule has 2 aliphatic heterocycles. The van der Waals surface area contributed by atoms with E-state index in [2.05, 4.69) is 5.32 Å². The first-order chi connectivity index (χ1) is 15.8. The van der Waals surface area contributed by atoms with Crippen LogP contribution in [0.25, 0.3) is 0 Å². The zero-order chi connectivity index (χ0) is 23.6. The molecule has 1 amide bonds. The van der Waals surface area contributed by atoms with Gasteiger partial charge in [0.2, 0.25) is 0 Å². The van der Waals surface area contributed by atoms with E-state index in [0.29, 0.717) is 46.9 Å². The number of rotatable bonds is 5. The normalized spacial score (nSPS) is 22.0. The zero-order valence-electron chi connectivity index (χ0n) is 18.7. The molecule has 2 aromatic rings. The standard InChI is InChI=1S/C24H28FN5O2S/c1-15(2)12-32-18-8-9-20(25)19(10-18)24-14-30(22(26)27)11-17(24)13-33-23(29-24)28-21(31)16-6-4-3-5-7-16/h3-10,15,17H,11-14H2,1-2H3,(H3,26,27)(H,28,29,31). The average molecular weight is 470 g/mol. The molecule has 4 N–H and O–H groups in total. The first-order valence-electron chi connectivity index (χ1n) is 10.9. The molecule has 2 aliphatic rings. The van der Waals surface area contributed by atoms with Gasteiger partial charge in [-0.2, -0.15) is 0 Å². The van der Waals surface area contributed by atoms with Crippen molar-refractivity contribution in [1.29, 1.82) is 5.41 Å². The summed E-state index contributed by atoms with van der Waals surface area (Å²) >= 11 is 1.42. The van der Waals surface area contributed by atoms with Crippen molar-refractivity contribution < 1.29 is 13.9 Å². The topological polar surface area (TPSA) is 104 Å². The molecule has 2 unspecified atom stereocenters. The van der Waals surface area contributed by atoms with Gasteiger partial charge in [0.25, 0.3) is 5.91 Å². The summed E-state index contributed by atoms with van der Waals surface area (Å²) in [4.78, 5) is 19.3. The van der Waals surface area contributed by atoms with Gasteiger partial charge in [0, 0.05) is 29.3 Å². The molecular formula is C24H28FN5O2S. The monoisotopic (exact) mass is 469 g/mol. The summed E-state index contributed by atoms with van der Waals surface area (Å²) < 4.78 is 21.1. The minimum atomic E-state index is -0.989. The molecule has 0 aromatic heterocycles. The number of guanidine groups is 1. The summed E-state index contributed by atoms with van der Waals surface area (Å²) in [6.45, 7) is 5.35. The number of fused-ring (bicyclic) bond motifs is 1. The quantitative estimate of drug-likeness (QED) is 0.460. The molecule has 1 saturated heterocycles. The number of amidine groups is 1. The van der Waals surface area contributed by atoms with Gasteiger partial charge < -0.3 is 20.7 Å². The van der Waals surface area contributed by atoms with E-state index in [1.165, 1.54) is 17.8 Å². The maximum atomic E-state index is 15.2. The lowest BCUT2D eigenvalue weighted by Gasteiger charge is -2.35. The Labute approximate surface area is 197 Å². The van der Waals surface area contributed by atoms with Crippen molar-refractivity contribution in [3.05, 3.63) is 65.5 Å². The second kappa shape index (κ2) is 9.43. The van der Waals surface area contributed by atoms with E-state index in [1.54, 1.807) is 41.3 Å². The van der Waals surface area contributed by atoms with Gasteiger partial charge in [-0.25, -0.2) is 9.38 Å². The number of ether oxygens (including phenoxy) is 1. The number of aliphatic imine (C=N–C) groups is 1. The van der Waals surface area contributed by atoms with Crippen LogP contribution < -0.4 is 15.8 Å². The van der Waals surface area contributed by atoms with Crippen molar-refractivity contribution in [2.45, 2.75) is 19.4 Å². The number of likely N-dealkylation sites (tertiary alicyclic amines) is 1. The summed E-state index contributed by atoms with van der Waals surface area (Å²) in [5.74, 6) is 0.669. The van der Waals surface area contributed by atoms with Gasteiger partial charge in [-0.05, 0) is 36.2 Å².